The standard InChI is InChI=1S/C22H35N5O6S/c1-14-7-8-19(33-14)22-26-25-20(27(22)17(11-30-4)12-31-5)13-34(28,29)16(3)15(2)21-23-9-18(32-6)10-24-21/h9-10,14-17,19H,7-8,11-13H2,1-6H3/t14-,15-,16-,19-/m0/s1. The van der Waals surface area contributed by atoms with E-state index in [0.717, 1.165) is 12.8 Å². The largest absolute Gasteiger partial charge is 0.494 e. The lowest BCUT2D eigenvalue weighted by atomic mass is 10.1. The van der Waals surface area contributed by atoms with E-state index in [2.05, 4.69) is 20.2 Å². The first-order valence-electron chi connectivity index (χ1n) is 11.4. The summed E-state index contributed by atoms with van der Waals surface area (Å²) in [6, 6.07) is -0.289. The number of hydrogen-bond acceptors (Lipinski definition) is 10. The number of hydrogen-bond donors (Lipinski definition) is 0. The average Bonchev–Trinajstić information content (AvgIpc) is 3.43. The lowest BCUT2D eigenvalue weighted by Crippen LogP contribution is -2.30. The van der Waals surface area contributed by atoms with Crippen LogP contribution in [0.5, 0.6) is 5.75 Å². The van der Waals surface area contributed by atoms with Gasteiger partial charge in [-0.1, -0.05) is 6.92 Å². The highest BCUT2D eigenvalue weighted by molar-refractivity contribution is 7.91. The highest BCUT2D eigenvalue weighted by atomic mass is 32.2. The number of ether oxygens (including phenoxy) is 4. The number of nitrogens with zero attached hydrogens (tertiary/aromatic N) is 5. The minimum absolute atomic E-state index is 0.107. The Labute approximate surface area is 201 Å². The molecule has 1 fully saturated rings. The maximum atomic E-state index is 13.5. The monoisotopic (exact) mass is 497 g/mol. The van der Waals surface area contributed by atoms with Crippen LogP contribution in [0.3, 0.4) is 0 Å². The summed E-state index contributed by atoms with van der Waals surface area (Å²) in [4.78, 5) is 8.53. The fourth-order valence-electron chi connectivity index (χ4n) is 4.13. The van der Waals surface area contributed by atoms with Gasteiger partial charge in [-0.05, 0) is 26.7 Å². The SMILES string of the molecule is COCC(COC)n1c(CS(=O)(=O)[C@@H](C)[C@H](C)c2ncc(OC)cn2)nnc1[C@@H]1CC[C@H](C)O1. The second-order valence-corrected chi connectivity index (χ2v) is 11.1. The smallest absolute Gasteiger partial charge is 0.162 e. The molecule has 0 radical (unpaired) electrons. The molecule has 1 saturated heterocycles. The molecule has 0 N–H and O–H groups in total. The van der Waals surface area contributed by atoms with Crippen molar-refractivity contribution in [2.75, 3.05) is 34.5 Å². The summed E-state index contributed by atoms with van der Waals surface area (Å²) in [6.07, 6.45) is 4.62. The lowest BCUT2D eigenvalue weighted by Gasteiger charge is -2.24. The van der Waals surface area contributed by atoms with Crippen molar-refractivity contribution in [1.29, 1.82) is 0 Å². The summed E-state index contributed by atoms with van der Waals surface area (Å²) in [7, 11) is 1.07. The van der Waals surface area contributed by atoms with E-state index < -0.39 is 21.0 Å². The molecule has 0 amide bonds. The van der Waals surface area contributed by atoms with Crippen LogP contribution in [0.4, 0.5) is 0 Å². The van der Waals surface area contributed by atoms with Gasteiger partial charge in [0.25, 0.3) is 0 Å². The van der Waals surface area contributed by atoms with Crippen LogP contribution < -0.4 is 4.74 Å². The fourth-order valence-corrected chi connectivity index (χ4v) is 5.69. The van der Waals surface area contributed by atoms with Crippen LogP contribution in [0.1, 0.15) is 69.1 Å². The summed E-state index contributed by atoms with van der Waals surface area (Å²) >= 11 is 0. The summed E-state index contributed by atoms with van der Waals surface area (Å²) in [5.74, 6) is 1.18. The van der Waals surface area contributed by atoms with Gasteiger partial charge in [-0.25, -0.2) is 18.4 Å². The Kier molecular flexibility index (Phi) is 8.96. The Balaban J connectivity index is 1.90. The van der Waals surface area contributed by atoms with Gasteiger partial charge in [0.05, 0.1) is 50.1 Å². The van der Waals surface area contributed by atoms with E-state index in [4.69, 9.17) is 18.9 Å². The second kappa shape index (κ2) is 11.5. The van der Waals surface area contributed by atoms with Crippen molar-refractivity contribution in [3.05, 3.63) is 29.9 Å². The Morgan fingerprint density at radius 3 is 2.26 bits per heavy atom. The molecule has 11 nitrogen and oxygen atoms in total. The quantitative estimate of drug-likeness (QED) is 0.431. The molecule has 4 atom stereocenters. The van der Waals surface area contributed by atoms with Gasteiger partial charge >= 0.3 is 0 Å². The van der Waals surface area contributed by atoms with Crippen molar-refractivity contribution in [3.8, 4) is 5.75 Å². The zero-order chi connectivity index (χ0) is 24.9. The fraction of sp³-hybridized carbons (Fsp3) is 0.727. The molecule has 2 aromatic rings. The molecular weight excluding hydrogens is 462 g/mol. The number of sulfone groups is 1. The topological polar surface area (TPSA) is 128 Å². The predicted molar refractivity (Wildman–Crippen MR) is 124 cm³/mol. The van der Waals surface area contributed by atoms with Crippen molar-refractivity contribution in [1.82, 2.24) is 24.7 Å². The summed E-state index contributed by atoms with van der Waals surface area (Å²) < 4.78 is 50.6. The minimum Gasteiger partial charge on any atom is -0.494 e. The Morgan fingerprint density at radius 1 is 1.09 bits per heavy atom. The number of aromatic nitrogens is 5. The molecule has 0 bridgehead atoms. The van der Waals surface area contributed by atoms with Crippen molar-refractivity contribution in [2.24, 2.45) is 0 Å². The first-order chi connectivity index (χ1) is 16.2. The van der Waals surface area contributed by atoms with Gasteiger partial charge in [-0.15, -0.1) is 10.2 Å². The zero-order valence-corrected chi connectivity index (χ0v) is 21.5. The van der Waals surface area contributed by atoms with E-state index in [1.54, 1.807) is 28.1 Å². The highest BCUT2D eigenvalue weighted by Crippen LogP contribution is 2.34. The third-order valence-corrected chi connectivity index (χ3v) is 8.49. The van der Waals surface area contributed by atoms with E-state index in [1.807, 2.05) is 11.5 Å². The van der Waals surface area contributed by atoms with Crippen molar-refractivity contribution >= 4 is 9.84 Å². The van der Waals surface area contributed by atoms with Crippen LogP contribution in [-0.2, 0) is 29.8 Å². The average molecular weight is 498 g/mol. The number of methoxy groups -OCH3 is 3. The molecule has 0 spiro atoms. The zero-order valence-electron chi connectivity index (χ0n) is 20.7. The highest BCUT2D eigenvalue weighted by Gasteiger charge is 2.35. The van der Waals surface area contributed by atoms with Gasteiger partial charge in [-0.2, -0.15) is 0 Å². The molecule has 1 aliphatic heterocycles. The normalized spacial score (nSPS) is 20.6. The molecule has 1 aliphatic rings. The molecule has 3 rings (SSSR count). The Morgan fingerprint density at radius 2 is 1.74 bits per heavy atom. The van der Waals surface area contributed by atoms with Crippen LogP contribution in [0.15, 0.2) is 12.4 Å². The molecule has 0 aliphatic carbocycles. The van der Waals surface area contributed by atoms with Gasteiger partial charge in [0.15, 0.2) is 21.4 Å². The molecule has 2 aromatic heterocycles. The first-order valence-corrected chi connectivity index (χ1v) is 13.1. The molecule has 3 heterocycles. The van der Waals surface area contributed by atoms with Crippen LogP contribution in [0, 0.1) is 0 Å². The Bertz CT molecular complexity index is 1020. The van der Waals surface area contributed by atoms with E-state index in [-0.39, 0.29) is 24.0 Å². The number of rotatable bonds is 12. The summed E-state index contributed by atoms with van der Waals surface area (Å²) in [5, 5.41) is 7.90. The molecular formula is C22H35N5O6S. The van der Waals surface area contributed by atoms with E-state index in [9.17, 15) is 8.42 Å². The maximum absolute atomic E-state index is 13.5. The predicted octanol–water partition coefficient (Wildman–Crippen LogP) is 2.26. The van der Waals surface area contributed by atoms with Crippen molar-refractivity contribution in [3.63, 3.8) is 0 Å². The summed E-state index contributed by atoms with van der Waals surface area (Å²) in [5.41, 5.74) is 0. The summed E-state index contributed by atoms with van der Waals surface area (Å²) in [6.45, 7) is 6.11. The third kappa shape index (κ3) is 5.91. The van der Waals surface area contributed by atoms with E-state index in [0.29, 0.717) is 36.4 Å². The van der Waals surface area contributed by atoms with Crippen LogP contribution in [0.25, 0.3) is 0 Å². The van der Waals surface area contributed by atoms with E-state index >= 15 is 0 Å². The van der Waals surface area contributed by atoms with Crippen molar-refractivity contribution < 1.29 is 27.4 Å². The van der Waals surface area contributed by atoms with Crippen LogP contribution >= 0.6 is 0 Å². The van der Waals surface area contributed by atoms with Gasteiger partial charge < -0.3 is 23.5 Å². The molecule has 190 valence electrons. The van der Waals surface area contributed by atoms with Crippen LogP contribution in [-0.4, -0.2) is 79.0 Å². The molecule has 0 saturated carbocycles. The van der Waals surface area contributed by atoms with Gasteiger partial charge in [0.2, 0.25) is 0 Å². The molecule has 12 heteroatoms. The Hall–Kier alpha value is -2.15. The second-order valence-electron chi connectivity index (χ2n) is 8.70. The first kappa shape index (κ1) is 26.5. The minimum atomic E-state index is -3.64. The maximum Gasteiger partial charge on any atom is 0.162 e. The van der Waals surface area contributed by atoms with Gasteiger partial charge in [0.1, 0.15) is 23.5 Å². The molecule has 0 unspecified atom stereocenters. The third-order valence-electron chi connectivity index (χ3n) is 6.29. The van der Waals surface area contributed by atoms with Crippen molar-refractivity contribution in [2.45, 2.75) is 68.8 Å². The van der Waals surface area contributed by atoms with Crippen LogP contribution in [0.2, 0.25) is 0 Å². The molecule has 0 aromatic carbocycles. The molecule has 34 heavy (non-hydrogen) atoms. The van der Waals surface area contributed by atoms with Gasteiger partial charge in [-0.3, -0.25) is 0 Å². The van der Waals surface area contributed by atoms with E-state index in [1.165, 1.54) is 19.5 Å². The lowest BCUT2D eigenvalue weighted by molar-refractivity contribution is 0.0399. The van der Waals surface area contributed by atoms with Gasteiger partial charge in [0, 0.05) is 20.1 Å².